The van der Waals surface area contributed by atoms with E-state index in [1.807, 2.05) is 6.07 Å². The summed E-state index contributed by atoms with van der Waals surface area (Å²) in [5, 5.41) is 9.79. The van der Waals surface area contributed by atoms with E-state index >= 15 is 0 Å². The molecule has 0 aliphatic carbocycles. The number of halogens is 1. The van der Waals surface area contributed by atoms with Crippen LogP contribution in [0.1, 0.15) is 5.56 Å². The van der Waals surface area contributed by atoms with Gasteiger partial charge in [-0.25, -0.2) is 4.98 Å². The first-order valence-corrected chi connectivity index (χ1v) is 4.57. The van der Waals surface area contributed by atoms with Gasteiger partial charge in [-0.3, -0.25) is 4.79 Å². The Morgan fingerprint density at radius 1 is 1.53 bits per heavy atom. The quantitative estimate of drug-likeness (QED) is 0.631. The summed E-state index contributed by atoms with van der Waals surface area (Å²) in [7, 11) is 1.60. The highest BCUT2D eigenvalue weighted by atomic mass is 35.5. The van der Waals surface area contributed by atoms with Crippen LogP contribution in [0.4, 0.5) is 0 Å². The molecule has 0 aliphatic heterocycles. The molecule has 74 valence electrons. The van der Waals surface area contributed by atoms with Gasteiger partial charge in [0.15, 0.2) is 0 Å². The highest BCUT2D eigenvalue weighted by Gasteiger charge is 2.08. The molecule has 0 aliphatic rings. The molecule has 5 heteroatoms. The van der Waals surface area contributed by atoms with E-state index in [1.54, 1.807) is 13.1 Å². The van der Waals surface area contributed by atoms with Gasteiger partial charge in [0, 0.05) is 24.7 Å². The van der Waals surface area contributed by atoms with Gasteiger partial charge >= 0.3 is 0 Å². The molecule has 15 heavy (non-hydrogen) atoms. The van der Waals surface area contributed by atoms with Crippen molar-refractivity contribution >= 4 is 22.5 Å². The number of pyridine rings is 2. The number of aromatic nitrogens is 2. The van der Waals surface area contributed by atoms with Crippen molar-refractivity contribution in [3.63, 3.8) is 0 Å². The molecule has 0 unspecified atom stereocenters. The van der Waals surface area contributed by atoms with Crippen molar-refractivity contribution in [2.75, 3.05) is 0 Å². The molecule has 2 aromatic rings. The maximum Gasteiger partial charge on any atom is 0.250 e. The van der Waals surface area contributed by atoms with Crippen LogP contribution in [0.15, 0.2) is 23.1 Å². The van der Waals surface area contributed by atoms with E-state index in [0.717, 1.165) is 0 Å². The van der Waals surface area contributed by atoms with Gasteiger partial charge in [0.25, 0.3) is 5.56 Å². The van der Waals surface area contributed by atoms with Crippen LogP contribution in [0.5, 0.6) is 0 Å². The molecular weight excluding hydrogens is 214 g/mol. The lowest BCUT2D eigenvalue weighted by atomic mass is 10.2. The normalized spacial score (nSPS) is 10.2. The lowest BCUT2D eigenvalue weighted by Crippen LogP contribution is -2.16. The van der Waals surface area contributed by atoms with E-state index in [9.17, 15) is 4.79 Å². The van der Waals surface area contributed by atoms with Crippen LogP contribution in [-0.4, -0.2) is 9.55 Å². The van der Waals surface area contributed by atoms with Crippen LogP contribution in [0.25, 0.3) is 10.9 Å². The average molecular weight is 220 g/mol. The molecule has 0 saturated heterocycles. The number of nitriles is 1. The van der Waals surface area contributed by atoms with Gasteiger partial charge in [0.1, 0.15) is 11.2 Å². The smallest absolute Gasteiger partial charge is 0.250 e. The van der Waals surface area contributed by atoms with Crippen molar-refractivity contribution in [2.24, 2.45) is 7.05 Å². The van der Waals surface area contributed by atoms with Crippen LogP contribution >= 0.6 is 11.6 Å². The van der Waals surface area contributed by atoms with Gasteiger partial charge in [-0.15, -0.1) is 0 Å². The van der Waals surface area contributed by atoms with Crippen LogP contribution < -0.4 is 5.56 Å². The number of hydrogen-bond donors (Lipinski definition) is 0. The molecule has 2 rings (SSSR count). The zero-order chi connectivity index (χ0) is 11.0. The third-order valence-corrected chi connectivity index (χ3v) is 2.52. The molecule has 0 bridgehead atoms. The standard InChI is InChI=1S/C10H6ClN3O/c1-14-8(15)3-2-7-9(14)6(4-12)5-13-10(7)11/h2-3,5H,1H3. The number of fused-ring (bicyclic) bond motifs is 1. The Kier molecular flexibility index (Phi) is 2.18. The summed E-state index contributed by atoms with van der Waals surface area (Å²) in [4.78, 5) is 15.3. The van der Waals surface area contributed by atoms with E-state index in [0.29, 0.717) is 21.6 Å². The van der Waals surface area contributed by atoms with Crippen LogP contribution in [0.3, 0.4) is 0 Å². The average Bonchev–Trinajstić information content (AvgIpc) is 2.24. The van der Waals surface area contributed by atoms with E-state index in [2.05, 4.69) is 4.98 Å². The summed E-state index contributed by atoms with van der Waals surface area (Å²) in [5.74, 6) is 0. The third kappa shape index (κ3) is 1.37. The minimum Gasteiger partial charge on any atom is -0.310 e. The Labute approximate surface area is 90.3 Å². The fourth-order valence-corrected chi connectivity index (χ4v) is 1.66. The van der Waals surface area contributed by atoms with Crippen LogP contribution in [0, 0.1) is 11.3 Å². The minimum absolute atomic E-state index is 0.179. The third-order valence-electron chi connectivity index (χ3n) is 2.22. The highest BCUT2D eigenvalue weighted by molar-refractivity contribution is 6.34. The lowest BCUT2D eigenvalue weighted by molar-refractivity contribution is 0.903. The first kappa shape index (κ1) is 9.69. The Morgan fingerprint density at radius 2 is 2.27 bits per heavy atom. The Hall–Kier alpha value is -1.86. The predicted molar refractivity (Wildman–Crippen MR) is 56.7 cm³/mol. The molecule has 0 aromatic carbocycles. The SMILES string of the molecule is Cn1c(=O)ccc2c(Cl)ncc(C#N)c21. The lowest BCUT2D eigenvalue weighted by Gasteiger charge is -2.06. The van der Waals surface area contributed by atoms with Crippen molar-refractivity contribution in [2.45, 2.75) is 0 Å². The second-order valence-corrected chi connectivity index (χ2v) is 3.43. The molecule has 0 fully saturated rings. The summed E-state index contributed by atoms with van der Waals surface area (Å²) in [5.41, 5.74) is 0.681. The molecule has 2 aromatic heterocycles. The van der Waals surface area contributed by atoms with E-state index in [-0.39, 0.29) is 5.56 Å². The van der Waals surface area contributed by atoms with Gasteiger partial charge < -0.3 is 4.57 Å². The molecule has 0 N–H and O–H groups in total. The molecule has 0 saturated carbocycles. The maximum absolute atomic E-state index is 11.4. The zero-order valence-electron chi connectivity index (χ0n) is 7.86. The highest BCUT2D eigenvalue weighted by Crippen LogP contribution is 2.21. The van der Waals surface area contributed by atoms with E-state index in [4.69, 9.17) is 16.9 Å². The fourth-order valence-electron chi connectivity index (χ4n) is 1.46. The van der Waals surface area contributed by atoms with Crippen molar-refractivity contribution in [3.05, 3.63) is 39.4 Å². The molecule has 4 nitrogen and oxygen atoms in total. The molecule has 0 amide bonds. The van der Waals surface area contributed by atoms with Gasteiger partial charge in [-0.2, -0.15) is 5.26 Å². The van der Waals surface area contributed by atoms with E-state index in [1.165, 1.54) is 16.8 Å². The first-order chi connectivity index (χ1) is 7.15. The Bertz CT molecular complexity index is 639. The molecule has 2 heterocycles. The molecule has 0 radical (unpaired) electrons. The first-order valence-electron chi connectivity index (χ1n) is 4.19. The summed E-state index contributed by atoms with van der Waals surface area (Å²) in [6, 6.07) is 4.96. The topological polar surface area (TPSA) is 58.7 Å². The number of aryl methyl sites for hydroxylation is 1. The maximum atomic E-state index is 11.4. The number of rotatable bonds is 0. The monoisotopic (exact) mass is 219 g/mol. The second-order valence-electron chi connectivity index (χ2n) is 3.07. The number of hydrogen-bond acceptors (Lipinski definition) is 3. The number of nitrogens with zero attached hydrogens (tertiary/aromatic N) is 3. The summed E-state index contributed by atoms with van der Waals surface area (Å²) < 4.78 is 1.39. The van der Waals surface area contributed by atoms with Crippen molar-refractivity contribution in [1.82, 2.24) is 9.55 Å². The zero-order valence-corrected chi connectivity index (χ0v) is 8.62. The van der Waals surface area contributed by atoms with Crippen molar-refractivity contribution in [1.29, 1.82) is 5.26 Å². The van der Waals surface area contributed by atoms with Crippen molar-refractivity contribution in [3.8, 4) is 6.07 Å². The second kappa shape index (κ2) is 3.37. The van der Waals surface area contributed by atoms with Crippen LogP contribution in [-0.2, 0) is 7.05 Å². The van der Waals surface area contributed by atoms with Crippen LogP contribution in [0.2, 0.25) is 5.15 Å². The summed E-state index contributed by atoms with van der Waals surface area (Å²) >= 11 is 5.87. The largest absolute Gasteiger partial charge is 0.310 e. The van der Waals surface area contributed by atoms with Gasteiger partial charge in [-0.1, -0.05) is 11.6 Å². The minimum atomic E-state index is -0.179. The Balaban J connectivity index is 3.10. The van der Waals surface area contributed by atoms with Gasteiger partial charge in [0.2, 0.25) is 0 Å². The van der Waals surface area contributed by atoms with E-state index < -0.39 is 0 Å². The Morgan fingerprint density at radius 3 is 2.93 bits per heavy atom. The molecular formula is C10H6ClN3O. The van der Waals surface area contributed by atoms with Crippen molar-refractivity contribution < 1.29 is 0 Å². The predicted octanol–water partition coefficient (Wildman–Crippen LogP) is 1.46. The van der Waals surface area contributed by atoms with Gasteiger partial charge in [0.05, 0.1) is 11.1 Å². The summed E-state index contributed by atoms with van der Waals surface area (Å²) in [6.07, 6.45) is 1.37. The summed E-state index contributed by atoms with van der Waals surface area (Å²) in [6.45, 7) is 0. The molecule has 0 spiro atoms. The van der Waals surface area contributed by atoms with Gasteiger partial charge in [-0.05, 0) is 6.07 Å². The molecule has 0 atom stereocenters. The fraction of sp³-hybridized carbons (Fsp3) is 0.100.